The van der Waals surface area contributed by atoms with E-state index >= 15 is 0 Å². The van der Waals surface area contributed by atoms with Crippen LogP contribution in [0.15, 0.2) is 25.6 Å². The zero-order chi connectivity index (χ0) is 12.1. The van der Waals surface area contributed by atoms with Gasteiger partial charge in [-0.15, -0.1) is 53.5 Å². The third-order valence-corrected chi connectivity index (χ3v) is 5.77. The highest BCUT2D eigenvalue weighted by Crippen LogP contribution is 2.43. The molecule has 86 valence electrons. The molecule has 0 heterocycles. The van der Waals surface area contributed by atoms with Gasteiger partial charge in [0.2, 0.25) is 0 Å². The lowest BCUT2D eigenvalue weighted by molar-refractivity contribution is 1.03. The molecule has 1 rings (SSSR count). The topological polar surface area (TPSA) is 0 Å². The Labute approximate surface area is 115 Å². The van der Waals surface area contributed by atoms with E-state index in [0.717, 1.165) is 5.56 Å². The summed E-state index contributed by atoms with van der Waals surface area (Å²) in [6, 6.07) is 2.13. The minimum atomic E-state index is 1.01. The average Bonchev–Trinajstić information content (AvgIpc) is 2.35. The third-order valence-electron chi connectivity index (χ3n) is 2.14. The van der Waals surface area contributed by atoms with Crippen LogP contribution in [-0.4, -0.2) is 25.0 Å². The van der Waals surface area contributed by atoms with E-state index in [1.54, 1.807) is 47.0 Å². The molecule has 1 aromatic carbocycles. The first-order valence-corrected chi connectivity index (χ1v) is 9.46. The Morgan fingerprint density at radius 3 is 1.81 bits per heavy atom. The second-order valence-electron chi connectivity index (χ2n) is 2.87. The van der Waals surface area contributed by atoms with Crippen LogP contribution >= 0.6 is 47.0 Å². The van der Waals surface area contributed by atoms with E-state index < -0.39 is 0 Å². The van der Waals surface area contributed by atoms with Gasteiger partial charge in [0.15, 0.2) is 0 Å². The average molecular weight is 287 g/mol. The first kappa shape index (κ1) is 14.2. The number of rotatable bonds is 4. The maximum absolute atomic E-state index is 5.58. The normalized spacial score (nSPS) is 10.2. The number of thioether (sulfide) groups is 4. The minimum absolute atomic E-state index is 1.01. The fourth-order valence-electron chi connectivity index (χ4n) is 1.44. The van der Waals surface area contributed by atoms with Gasteiger partial charge in [0.25, 0.3) is 0 Å². The lowest BCUT2D eigenvalue weighted by Crippen LogP contribution is -1.91. The highest BCUT2D eigenvalue weighted by atomic mass is 32.2. The van der Waals surface area contributed by atoms with Crippen molar-refractivity contribution in [2.24, 2.45) is 0 Å². The van der Waals surface area contributed by atoms with Crippen LogP contribution < -0.4 is 0 Å². The summed E-state index contributed by atoms with van der Waals surface area (Å²) in [7, 11) is 0. The van der Waals surface area contributed by atoms with Crippen LogP contribution in [0, 0.1) is 12.3 Å². The van der Waals surface area contributed by atoms with Gasteiger partial charge < -0.3 is 0 Å². The van der Waals surface area contributed by atoms with Crippen molar-refractivity contribution in [1.29, 1.82) is 0 Å². The molecule has 0 aliphatic heterocycles. The van der Waals surface area contributed by atoms with Crippen LogP contribution in [0.4, 0.5) is 0 Å². The third kappa shape index (κ3) is 2.70. The van der Waals surface area contributed by atoms with E-state index in [0.29, 0.717) is 0 Å². The number of terminal acetylenes is 1. The van der Waals surface area contributed by atoms with E-state index in [-0.39, 0.29) is 0 Å². The molecule has 0 radical (unpaired) electrons. The van der Waals surface area contributed by atoms with E-state index in [9.17, 15) is 0 Å². The lowest BCUT2D eigenvalue weighted by atomic mass is 10.2. The number of hydrogen-bond acceptors (Lipinski definition) is 4. The molecule has 0 atom stereocenters. The first-order valence-electron chi connectivity index (χ1n) is 4.57. The Morgan fingerprint density at radius 2 is 1.44 bits per heavy atom. The van der Waals surface area contributed by atoms with Crippen molar-refractivity contribution < 1.29 is 0 Å². The monoisotopic (exact) mass is 286 g/mol. The first-order chi connectivity index (χ1) is 7.73. The summed E-state index contributed by atoms with van der Waals surface area (Å²) in [5.74, 6) is 2.79. The van der Waals surface area contributed by atoms with Crippen molar-refractivity contribution in [3.8, 4) is 12.3 Å². The van der Waals surface area contributed by atoms with Crippen molar-refractivity contribution in [2.45, 2.75) is 19.6 Å². The number of benzene rings is 1. The van der Waals surface area contributed by atoms with Crippen LogP contribution in [0.5, 0.6) is 0 Å². The Kier molecular flexibility index (Phi) is 6.06. The summed E-state index contributed by atoms with van der Waals surface area (Å²) in [5.41, 5.74) is 1.01. The molecule has 1 aromatic rings. The van der Waals surface area contributed by atoms with E-state index in [1.165, 1.54) is 19.6 Å². The largest absolute Gasteiger partial charge is 0.128 e. The standard InChI is InChI=1S/C12H14S4/c1-6-8-7-9(13-2)11(15-4)12(16-5)10(8)14-3/h1,7H,2-5H3. The quantitative estimate of drug-likeness (QED) is 0.587. The number of hydrogen-bond donors (Lipinski definition) is 0. The summed E-state index contributed by atoms with van der Waals surface area (Å²) >= 11 is 7.07. The molecule has 0 bridgehead atoms. The SMILES string of the molecule is C#Cc1cc(SC)c(SC)c(SC)c1SC. The summed E-state index contributed by atoms with van der Waals surface area (Å²) < 4.78 is 0. The van der Waals surface area contributed by atoms with Crippen molar-refractivity contribution in [1.82, 2.24) is 0 Å². The van der Waals surface area contributed by atoms with Gasteiger partial charge in [-0.05, 0) is 31.1 Å². The zero-order valence-corrected chi connectivity index (χ0v) is 13.1. The smallest absolute Gasteiger partial charge is 0.0401 e. The second-order valence-corrected chi connectivity index (χ2v) is 6.17. The molecule has 0 saturated heterocycles. The van der Waals surface area contributed by atoms with Crippen LogP contribution in [-0.2, 0) is 0 Å². The molecule has 0 saturated carbocycles. The predicted octanol–water partition coefficient (Wildman–Crippen LogP) is 4.56. The Bertz CT molecular complexity index is 418. The van der Waals surface area contributed by atoms with E-state index in [2.05, 4.69) is 37.0 Å². The summed E-state index contributed by atoms with van der Waals surface area (Å²) in [6.07, 6.45) is 14.0. The van der Waals surface area contributed by atoms with Gasteiger partial charge in [-0.3, -0.25) is 0 Å². The van der Waals surface area contributed by atoms with Crippen molar-refractivity contribution in [3.63, 3.8) is 0 Å². The molecule has 0 aliphatic carbocycles. The van der Waals surface area contributed by atoms with Crippen LogP contribution in [0.2, 0.25) is 0 Å². The molecule has 0 fully saturated rings. The Hall–Kier alpha value is 0.180. The van der Waals surface area contributed by atoms with Gasteiger partial charge >= 0.3 is 0 Å². The van der Waals surface area contributed by atoms with Gasteiger partial charge in [0, 0.05) is 25.1 Å². The fourth-order valence-corrected chi connectivity index (χ4v) is 5.36. The minimum Gasteiger partial charge on any atom is -0.128 e. The molecular weight excluding hydrogens is 272 g/mol. The van der Waals surface area contributed by atoms with Crippen LogP contribution in [0.3, 0.4) is 0 Å². The molecule has 16 heavy (non-hydrogen) atoms. The molecular formula is C12H14S4. The molecule has 0 unspecified atom stereocenters. The molecule has 0 aromatic heterocycles. The maximum Gasteiger partial charge on any atom is 0.0401 e. The summed E-state index contributed by atoms with van der Waals surface area (Å²) in [6.45, 7) is 0. The molecule has 0 spiro atoms. The van der Waals surface area contributed by atoms with Gasteiger partial charge in [0.1, 0.15) is 0 Å². The van der Waals surface area contributed by atoms with Crippen molar-refractivity contribution in [3.05, 3.63) is 11.6 Å². The van der Waals surface area contributed by atoms with Gasteiger partial charge in [-0.2, -0.15) is 0 Å². The summed E-state index contributed by atoms with van der Waals surface area (Å²) in [4.78, 5) is 5.18. The van der Waals surface area contributed by atoms with E-state index in [4.69, 9.17) is 6.42 Å². The van der Waals surface area contributed by atoms with Crippen molar-refractivity contribution in [2.75, 3.05) is 25.0 Å². The highest BCUT2D eigenvalue weighted by molar-refractivity contribution is 8.04. The van der Waals surface area contributed by atoms with Gasteiger partial charge in [-0.25, -0.2) is 0 Å². The molecule has 0 aliphatic rings. The predicted molar refractivity (Wildman–Crippen MR) is 81.5 cm³/mol. The Morgan fingerprint density at radius 1 is 0.875 bits per heavy atom. The van der Waals surface area contributed by atoms with Crippen LogP contribution in [0.1, 0.15) is 5.56 Å². The molecule has 0 N–H and O–H groups in total. The molecule has 0 nitrogen and oxygen atoms in total. The zero-order valence-electron chi connectivity index (χ0n) is 9.79. The fraction of sp³-hybridized carbons (Fsp3) is 0.333. The highest BCUT2D eigenvalue weighted by Gasteiger charge is 2.15. The van der Waals surface area contributed by atoms with Crippen LogP contribution in [0.25, 0.3) is 0 Å². The van der Waals surface area contributed by atoms with Gasteiger partial charge in [0.05, 0.1) is 0 Å². The van der Waals surface area contributed by atoms with E-state index in [1.807, 2.05) is 0 Å². The Balaban J connectivity index is 3.56. The molecule has 4 heteroatoms. The second kappa shape index (κ2) is 6.80. The summed E-state index contributed by atoms with van der Waals surface area (Å²) in [5, 5.41) is 0. The van der Waals surface area contributed by atoms with Crippen molar-refractivity contribution >= 4 is 47.0 Å². The van der Waals surface area contributed by atoms with Gasteiger partial charge in [-0.1, -0.05) is 5.92 Å². The molecule has 0 amide bonds. The maximum atomic E-state index is 5.58. The lowest BCUT2D eigenvalue weighted by Gasteiger charge is -2.15.